The first kappa shape index (κ1) is 19.4. The lowest BCUT2D eigenvalue weighted by Gasteiger charge is -2.11. The van der Waals surface area contributed by atoms with E-state index in [1.165, 1.54) is 24.3 Å². The third kappa shape index (κ3) is 4.68. The molecule has 0 aliphatic carbocycles. The quantitative estimate of drug-likeness (QED) is 0.557. The van der Waals surface area contributed by atoms with E-state index >= 15 is 0 Å². The van der Waals surface area contributed by atoms with Crippen molar-refractivity contribution in [3.63, 3.8) is 0 Å². The zero-order valence-corrected chi connectivity index (χ0v) is 16.0. The summed E-state index contributed by atoms with van der Waals surface area (Å²) in [5, 5.41) is 13.0. The van der Waals surface area contributed by atoms with Crippen molar-refractivity contribution in [2.24, 2.45) is 5.92 Å². The van der Waals surface area contributed by atoms with Crippen molar-refractivity contribution in [2.45, 2.75) is 20.3 Å². The normalized spacial score (nSPS) is 10.8. The molecule has 7 heteroatoms. The van der Waals surface area contributed by atoms with E-state index < -0.39 is 6.03 Å². The molecule has 0 saturated carbocycles. The monoisotopic (exact) mass is 382 g/mol. The Morgan fingerprint density at radius 2 is 1.93 bits per heavy atom. The topological polar surface area (TPSA) is 79.0 Å². The number of aromatic amines is 1. The van der Waals surface area contributed by atoms with Gasteiger partial charge < -0.3 is 15.4 Å². The molecule has 28 heavy (non-hydrogen) atoms. The second kappa shape index (κ2) is 8.56. The number of H-pyrrole nitrogens is 1. The largest absolute Gasteiger partial charge is 0.497 e. The number of rotatable bonds is 6. The van der Waals surface area contributed by atoms with Crippen molar-refractivity contribution in [3.8, 4) is 17.0 Å². The van der Waals surface area contributed by atoms with Crippen LogP contribution in [0.25, 0.3) is 11.3 Å². The Kier molecular flexibility index (Phi) is 5.93. The molecule has 0 bridgehead atoms. The summed E-state index contributed by atoms with van der Waals surface area (Å²) in [6.07, 6.45) is 0.725. The Bertz CT molecular complexity index is 951. The summed E-state index contributed by atoms with van der Waals surface area (Å²) >= 11 is 0. The molecular weight excluding hydrogens is 359 g/mol. The summed E-state index contributed by atoms with van der Waals surface area (Å²) in [4.78, 5) is 12.5. The molecule has 1 aromatic heterocycles. The van der Waals surface area contributed by atoms with Crippen LogP contribution >= 0.6 is 0 Å². The van der Waals surface area contributed by atoms with Crippen molar-refractivity contribution in [1.29, 1.82) is 0 Å². The Balaban J connectivity index is 1.89. The van der Waals surface area contributed by atoms with Gasteiger partial charge in [0.25, 0.3) is 0 Å². The maximum Gasteiger partial charge on any atom is 0.323 e. The summed E-state index contributed by atoms with van der Waals surface area (Å²) in [5.41, 5.74) is 3.39. The van der Waals surface area contributed by atoms with Crippen LogP contribution in [0.5, 0.6) is 5.75 Å². The molecule has 3 N–H and O–H groups in total. The summed E-state index contributed by atoms with van der Waals surface area (Å²) in [5.74, 6) is 0.715. The third-order valence-corrected chi connectivity index (χ3v) is 4.14. The fourth-order valence-corrected chi connectivity index (χ4v) is 2.86. The Morgan fingerprint density at radius 1 is 1.18 bits per heavy atom. The molecular formula is C21H23FN4O2. The SMILES string of the molecule is COc1cccc(-c2n[nH]c(CC(C)C)c2NC(=O)Nc2ccc(F)cc2)c1. The lowest BCUT2D eigenvalue weighted by molar-refractivity contribution is 0.262. The van der Waals surface area contributed by atoms with Gasteiger partial charge in [-0.2, -0.15) is 5.10 Å². The van der Waals surface area contributed by atoms with Crippen LogP contribution in [0.4, 0.5) is 20.6 Å². The Hall–Kier alpha value is -3.35. The van der Waals surface area contributed by atoms with Gasteiger partial charge in [0.2, 0.25) is 0 Å². The van der Waals surface area contributed by atoms with Crippen LogP contribution in [0, 0.1) is 11.7 Å². The number of carbonyl (C=O) groups is 1. The Morgan fingerprint density at radius 3 is 2.61 bits per heavy atom. The highest BCUT2D eigenvalue weighted by molar-refractivity contribution is 6.02. The second-order valence-electron chi connectivity index (χ2n) is 6.84. The van der Waals surface area contributed by atoms with E-state index in [2.05, 4.69) is 34.7 Å². The first-order valence-electron chi connectivity index (χ1n) is 9.01. The van der Waals surface area contributed by atoms with Gasteiger partial charge in [-0.25, -0.2) is 9.18 Å². The van der Waals surface area contributed by atoms with Gasteiger partial charge in [-0.3, -0.25) is 5.10 Å². The molecule has 0 radical (unpaired) electrons. The number of benzene rings is 2. The van der Waals surface area contributed by atoms with Gasteiger partial charge in [0, 0.05) is 11.3 Å². The van der Waals surface area contributed by atoms with Crippen molar-refractivity contribution < 1.29 is 13.9 Å². The average molecular weight is 382 g/mol. The maximum atomic E-state index is 13.1. The van der Waals surface area contributed by atoms with Crippen LogP contribution < -0.4 is 15.4 Å². The number of methoxy groups -OCH3 is 1. The van der Waals surface area contributed by atoms with Crippen LogP contribution in [0.1, 0.15) is 19.5 Å². The predicted octanol–water partition coefficient (Wildman–Crippen LogP) is 5.07. The number of amides is 2. The number of urea groups is 1. The van der Waals surface area contributed by atoms with Crippen LogP contribution in [0.2, 0.25) is 0 Å². The first-order chi connectivity index (χ1) is 13.5. The molecule has 0 aliphatic rings. The molecule has 2 aromatic carbocycles. The second-order valence-corrected chi connectivity index (χ2v) is 6.84. The van der Waals surface area contributed by atoms with Crippen molar-refractivity contribution in [1.82, 2.24) is 10.2 Å². The number of anilines is 2. The van der Waals surface area contributed by atoms with Crippen LogP contribution in [-0.4, -0.2) is 23.3 Å². The van der Waals surface area contributed by atoms with Gasteiger partial charge in [-0.05, 0) is 48.7 Å². The fraction of sp³-hybridized carbons (Fsp3) is 0.238. The smallest absolute Gasteiger partial charge is 0.323 e. The van der Waals surface area contributed by atoms with Crippen LogP contribution in [-0.2, 0) is 6.42 Å². The summed E-state index contributed by atoms with van der Waals surface area (Å²) in [6.45, 7) is 4.18. The van der Waals surface area contributed by atoms with E-state index in [9.17, 15) is 9.18 Å². The van der Waals surface area contributed by atoms with Gasteiger partial charge in [0.15, 0.2) is 0 Å². The molecule has 0 fully saturated rings. The molecule has 0 unspecified atom stereocenters. The van der Waals surface area contributed by atoms with E-state index in [1.54, 1.807) is 7.11 Å². The van der Waals surface area contributed by atoms with E-state index in [4.69, 9.17) is 4.74 Å². The highest BCUT2D eigenvalue weighted by Gasteiger charge is 2.18. The summed E-state index contributed by atoms with van der Waals surface area (Å²) in [6, 6.07) is 12.6. The number of ether oxygens (including phenoxy) is 1. The summed E-state index contributed by atoms with van der Waals surface area (Å²) < 4.78 is 18.3. The fourth-order valence-electron chi connectivity index (χ4n) is 2.86. The van der Waals surface area contributed by atoms with Gasteiger partial charge in [-0.15, -0.1) is 0 Å². The first-order valence-corrected chi connectivity index (χ1v) is 9.01. The average Bonchev–Trinajstić information content (AvgIpc) is 3.05. The number of nitrogens with zero attached hydrogens (tertiary/aromatic N) is 1. The van der Waals surface area contributed by atoms with Crippen molar-refractivity contribution >= 4 is 17.4 Å². The third-order valence-electron chi connectivity index (χ3n) is 4.14. The highest BCUT2D eigenvalue weighted by Crippen LogP contribution is 2.32. The number of nitrogens with one attached hydrogen (secondary N) is 3. The molecule has 1 heterocycles. The molecule has 0 saturated heterocycles. The van der Waals surface area contributed by atoms with Gasteiger partial charge in [0.05, 0.1) is 18.5 Å². The number of aromatic nitrogens is 2. The van der Waals surface area contributed by atoms with E-state index in [0.717, 1.165) is 17.7 Å². The molecule has 0 aliphatic heterocycles. The molecule has 146 valence electrons. The predicted molar refractivity (Wildman–Crippen MR) is 108 cm³/mol. The number of hydrogen-bond acceptors (Lipinski definition) is 3. The molecule has 3 aromatic rings. The molecule has 3 rings (SSSR count). The highest BCUT2D eigenvalue weighted by atomic mass is 19.1. The number of hydrogen-bond donors (Lipinski definition) is 3. The minimum atomic E-state index is -0.429. The van der Waals surface area contributed by atoms with Crippen LogP contribution in [0.3, 0.4) is 0 Å². The van der Waals surface area contributed by atoms with Crippen LogP contribution in [0.15, 0.2) is 48.5 Å². The van der Waals surface area contributed by atoms with E-state index in [0.29, 0.717) is 28.7 Å². The molecule has 0 atom stereocenters. The zero-order valence-electron chi connectivity index (χ0n) is 16.0. The minimum Gasteiger partial charge on any atom is -0.497 e. The molecule has 0 spiro atoms. The van der Waals surface area contributed by atoms with Gasteiger partial charge in [0.1, 0.15) is 17.3 Å². The van der Waals surface area contributed by atoms with Crippen molar-refractivity contribution in [2.75, 3.05) is 17.7 Å². The molecule has 6 nitrogen and oxygen atoms in total. The van der Waals surface area contributed by atoms with Crippen molar-refractivity contribution in [3.05, 3.63) is 60.0 Å². The molecule has 2 amide bonds. The maximum absolute atomic E-state index is 13.1. The Labute approximate surface area is 163 Å². The zero-order chi connectivity index (χ0) is 20.1. The van der Waals surface area contributed by atoms with Gasteiger partial charge >= 0.3 is 6.03 Å². The lowest BCUT2D eigenvalue weighted by Crippen LogP contribution is -2.20. The number of halogens is 1. The standard InChI is InChI=1S/C21H23FN4O2/c1-13(2)11-18-20(24-21(27)23-16-9-7-15(22)8-10-16)19(26-25-18)14-5-4-6-17(12-14)28-3/h4-10,12-13H,11H2,1-3H3,(H,25,26)(H2,23,24,27). The summed E-state index contributed by atoms with van der Waals surface area (Å²) in [7, 11) is 1.60. The minimum absolute atomic E-state index is 0.361. The number of carbonyl (C=O) groups excluding carboxylic acids is 1. The van der Waals surface area contributed by atoms with E-state index in [1.807, 2.05) is 24.3 Å². The lowest BCUT2D eigenvalue weighted by atomic mass is 10.0. The van der Waals surface area contributed by atoms with E-state index in [-0.39, 0.29) is 5.82 Å². The van der Waals surface area contributed by atoms with Gasteiger partial charge in [-0.1, -0.05) is 26.0 Å².